The molecule has 0 aliphatic rings. The molecule has 0 saturated heterocycles. The standard InChI is InChI=1S/C23H32N2O3/c1-16(2)19-8-10-20(11-9-19)24-23(26)17(3)25(4)14-13-18-7-12-21(27-5)22(15-18)28-6/h7-12,15-17H,13-14H2,1-6H3,(H,24,26). The van der Waals surface area contributed by atoms with E-state index in [4.69, 9.17) is 9.47 Å². The third-order valence-electron chi connectivity index (χ3n) is 5.09. The van der Waals surface area contributed by atoms with Crippen LogP contribution in [0.1, 0.15) is 37.8 Å². The van der Waals surface area contributed by atoms with E-state index in [-0.39, 0.29) is 11.9 Å². The lowest BCUT2D eigenvalue weighted by Gasteiger charge is -2.24. The van der Waals surface area contributed by atoms with Gasteiger partial charge in [0.25, 0.3) is 0 Å². The molecule has 2 aromatic rings. The fourth-order valence-corrected chi connectivity index (χ4v) is 2.93. The van der Waals surface area contributed by atoms with Crippen LogP contribution in [0.3, 0.4) is 0 Å². The Hall–Kier alpha value is -2.53. The van der Waals surface area contributed by atoms with Crippen molar-refractivity contribution in [1.29, 1.82) is 0 Å². The highest BCUT2D eigenvalue weighted by Gasteiger charge is 2.18. The van der Waals surface area contributed by atoms with Gasteiger partial charge in [-0.1, -0.05) is 32.0 Å². The number of methoxy groups -OCH3 is 2. The lowest BCUT2D eigenvalue weighted by Crippen LogP contribution is -2.40. The van der Waals surface area contributed by atoms with E-state index in [0.29, 0.717) is 5.92 Å². The molecule has 0 heterocycles. The summed E-state index contributed by atoms with van der Waals surface area (Å²) in [6.45, 7) is 6.99. The maximum Gasteiger partial charge on any atom is 0.241 e. The van der Waals surface area contributed by atoms with Crippen LogP contribution in [0.5, 0.6) is 11.5 Å². The van der Waals surface area contributed by atoms with Gasteiger partial charge in [0.2, 0.25) is 5.91 Å². The van der Waals surface area contributed by atoms with Gasteiger partial charge in [0.05, 0.1) is 20.3 Å². The summed E-state index contributed by atoms with van der Waals surface area (Å²) in [5.41, 5.74) is 3.23. The van der Waals surface area contributed by atoms with Gasteiger partial charge in [0.1, 0.15) is 0 Å². The molecular weight excluding hydrogens is 352 g/mol. The second kappa shape index (κ2) is 10.1. The van der Waals surface area contributed by atoms with Gasteiger partial charge >= 0.3 is 0 Å². The number of carbonyl (C=O) groups excluding carboxylic acids is 1. The molecule has 5 heteroatoms. The minimum absolute atomic E-state index is 0.00731. The van der Waals surface area contributed by atoms with Gasteiger partial charge in [0.15, 0.2) is 11.5 Å². The smallest absolute Gasteiger partial charge is 0.241 e. The van der Waals surface area contributed by atoms with E-state index in [1.807, 2.05) is 44.3 Å². The number of rotatable bonds is 9. The number of amides is 1. The molecule has 0 aromatic heterocycles. The zero-order chi connectivity index (χ0) is 20.7. The molecule has 5 nitrogen and oxygen atoms in total. The van der Waals surface area contributed by atoms with Crippen molar-refractivity contribution in [2.75, 3.05) is 33.1 Å². The minimum Gasteiger partial charge on any atom is -0.493 e. The number of hydrogen-bond donors (Lipinski definition) is 1. The van der Waals surface area contributed by atoms with E-state index in [1.165, 1.54) is 5.56 Å². The number of benzene rings is 2. The third kappa shape index (κ3) is 5.73. The topological polar surface area (TPSA) is 50.8 Å². The number of nitrogens with zero attached hydrogens (tertiary/aromatic N) is 1. The molecule has 1 amide bonds. The van der Waals surface area contributed by atoms with Crippen LogP contribution >= 0.6 is 0 Å². The van der Waals surface area contributed by atoms with Crippen LogP contribution in [0.25, 0.3) is 0 Å². The first-order valence-corrected chi connectivity index (χ1v) is 9.67. The van der Waals surface area contributed by atoms with Crippen LogP contribution in [-0.2, 0) is 11.2 Å². The van der Waals surface area contributed by atoms with Gasteiger partial charge in [-0.25, -0.2) is 0 Å². The van der Waals surface area contributed by atoms with Crippen molar-refractivity contribution in [1.82, 2.24) is 4.90 Å². The Kier molecular flexibility index (Phi) is 7.88. The van der Waals surface area contributed by atoms with Gasteiger partial charge in [-0.05, 0) is 61.7 Å². The Bertz CT molecular complexity index is 772. The number of anilines is 1. The summed E-state index contributed by atoms with van der Waals surface area (Å²) in [4.78, 5) is 14.6. The number of carbonyl (C=O) groups is 1. The van der Waals surface area contributed by atoms with Crippen molar-refractivity contribution in [3.63, 3.8) is 0 Å². The van der Waals surface area contributed by atoms with Crippen LogP contribution in [0.2, 0.25) is 0 Å². The zero-order valence-corrected chi connectivity index (χ0v) is 17.8. The van der Waals surface area contributed by atoms with Gasteiger partial charge in [-0.3, -0.25) is 9.69 Å². The lowest BCUT2D eigenvalue weighted by molar-refractivity contribution is -0.120. The van der Waals surface area contributed by atoms with E-state index in [1.54, 1.807) is 14.2 Å². The van der Waals surface area contributed by atoms with Crippen molar-refractivity contribution in [2.45, 2.75) is 39.2 Å². The van der Waals surface area contributed by atoms with E-state index >= 15 is 0 Å². The molecule has 1 N–H and O–H groups in total. The molecule has 0 fully saturated rings. The first kappa shape index (κ1) is 21.8. The molecule has 2 rings (SSSR count). The van der Waals surface area contributed by atoms with Crippen molar-refractivity contribution in [3.8, 4) is 11.5 Å². The molecule has 0 aliphatic carbocycles. The molecule has 0 saturated carbocycles. The molecular formula is C23H32N2O3. The fraction of sp³-hybridized carbons (Fsp3) is 0.435. The lowest BCUT2D eigenvalue weighted by atomic mass is 10.0. The molecule has 28 heavy (non-hydrogen) atoms. The molecule has 1 unspecified atom stereocenters. The van der Waals surface area contributed by atoms with Gasteiger partial charge in [-0.15, -0.1) is 0 Å². The summed E-state index contributed by atoms with van der Waals surface area (Å²) < 4.78 is 10.6. The van der Waals surface area contributed by atoms with Crippen molar-refractivity contribution in [2.24, 2.45) is 0 Å². The average Bonchev–Trinajstić information content (AvgIpc) is 2.71. The highest BCUT2D eigenvalue weighted by atomic mass is 16.5. The van der Waals surface area contributed by atoms with Crippen molar-refractivity contribution < 1.29 is 14.3 Å². The van der Waals surface area contributed by atoms with Crippen LogP contribution < -0.4 is 14.8 Å². The molecule has 0 radical (unpaired) electrons. The average molecular weight is 385 g/mol. The van der Waals surface area contributed by atoms with E-state index in [9.17, 15) is 4.79 Å². The van der Waals surface area contributed by atoms with E-state index < -0.39 is 0 Å². The fourth-order valence-electron chi connectivity index (χ4n) is 2.93. The Morgan fingerprint density at radius 1 is 1.00 bits per heavy atom. The summed E-state index contributed by atoms with van der Waals surface area (Å²) in [7, 11) is 5.22. The highest BCUT2D eigenvalue weighted by molar-refractivity contribution is 5.94. The maximum atomic E-state index is 12.6. The van der Waals surface area contributed by atoms with Gasteiger partial charge in [0, 0.05) is 12.2 Å². The predicted octanol–water partition coefficient (Wildman–Crippen LogP) is 4.33. The summed E-state index contributed by atoms with van der Waals surface area (Å²) in [6.07, 6.45) is 0.817. The largest absolute Gasteiger partial charge is 0.493 e. The maximum absolute atomic E-state index is 12.6. The number of hydrogen-bond acceptors (Lipinski definition) is 4. The first-order chi connectivity index (χ1) is 13.3. The third-order valence-corrected chi connectivity index (χ3v) is 5.09. The number of likely N-dealkylation sites (N-methyl/N-ethyl adjacent to an activating group) is 1. The Morgan fingerprint density at radius 3 is 2.21 bits per heavy atom. The van der Waals surface area contributed by atoms with Crippen LogP contribution in [-0.4, -0.2) is 44.7 Å². The number of ether oxygens (including phenoxy) is 2. The predicted molar refractivity (Wildman–Crippen MR) is 115 cm³/mol. The molecule has 1 atom stereocenters. The summed E-state index contributed by atoms with van der Waals surface area (Å²) in [5, 5.41) is 3.00. The summed E-state index contributed by atoms with van der Waals surface area (Å²) in [6, 6.07) is 13.7. The monoisotopic (exact) mass is 384 g/mol. The second-order valence-electron chi connectivity index (χ2n) is 7.36. The van der Waals surface area contributed by atoms with Crippen LogP contribution in [0, 0.1) is 0 Å². The van der Waals surface area contributed by atoms with Gasteiger partial charge in [-0.2, -0.15) is 0 Å². The quantitative estimate of drug-likeness (QED) is 0.699. The van der Waals surface area contributed by atoms with Crippen LogP contribution in [0.15, 0.2) is 42.5 Å². The Morgan fingerprint density at radius 2 is 1.64 bits per heavy atom. The summed E-state index contributed by atoms with van der Waals surface area (Å²) in [5.74, 6) is 1.91. The minimum atomic E-state index is -0.232. The van der Waals surface area contributed by atoms with E-state index in [0.717, 1.165) is 35.7 Å². The zero-order valence-electron chi connectivity index (χ0n) is 17.8. The summed E-state index contributed by atoms with van der Waals surface area (Å²) >= 11 is 0. The van der Waals surface area contributed by atoms with Crippen LogP contribution in [0.4, 0.5) is 5.69 Å². The molecule has 0 spiro atoms. The molecule has 2 aromatic carbocycles. The van der Waals surface area contributed by atoms with Crippen molar-refractivity contribution in [3.05, 3.63) is 53.6 Å². The Labute approximate surface area is 168 Å². The SMILES string of the molecule is COc1ccc(CCN(C)C(C)C(=O)Nc2ccc(C(C)C)cc2)cc1OC. The highest BCUT2D eigenvalue weighted by Crippen LogP contribution is 2.27. The van der Waals surface area contributed by atoms with Gasteiger partial charge < -0.3 is 14.8 Å². The molecule has 0 aliphatic heterocycles. The number of nitrogens with one attached hydrogen (secondary N) is 1. The first-order valence-electron chi connectivity index (χ1n) is 9.67. The normalized spacial score (nSPS) is 12.1. The Balaban J connectivity index is 1.90. The van der Waals surface area contributed by atoms with E-state index in [2.05, 4.69) is 36.2 Å². The molecule has 0 bridgehead atoms. The molecule has 152 valence electrons. The second-order valence-corrected chi connectivity index (χ2v) is 7.36. The van der Waals surface area contributed by atoms with Crippen molar-refractivity contribution >= 4 is 11.6 Å².